The zero-order valence-corrected chi connectivity index (χ0v) is 23.6. The van der Waals surface area contributed by atoms with E-state index in [0.717, 1.165) is 10.8 Å². The maximum Gasteiger partial charge on any atom is 0.411 e. The molecule has 1 unspecified atom stereocenters. The van der Waals surface area contributed by atoms with E-state index in [1.54, 1.807) is 27.0 Å². The summed E-state index contributed by atoms with van der Waals surface area (Å²) in [5.74, 6) is -1.48. The smallest absolute Gasteiger partial charge is 0.411 e. The summed E-state index contributed by atoms with van der Waals surface area (Å²) in [5.41, 5.74) is -2.27. The van der Waals surface area contributed by atoms with Crippen molar-refractivity contribution in [1.82, 2.24) is 19.9 Å². The van der Waals surface area contributed by atoms with Crippen LogP contribution in [0.2, 0.25) is 0 Å². The SMILES string of the molecule is C=C[C@@H]1C[C@]1(NC(=O)[C@@H]1CC(Oc2nccc3ccccc23)CN1C(=O)OC(C)(C)C)C(=O)NS(=O)(=O)C1CC1. The van der Waals surface area contributed by atoms with Crippen LogP contribution in [0.5, 0.6) is 5.88 Å². The van der Waals surface area contributed by atoms with Crippen LogP contribution in [0.4, 0.5) is 4.79 Å². The molecule has 2 aliphatic carbocycles. The second kappa shape index (κ2) is 10.1. The van der Waals surface area contributed by atoms with Crippen LogP contribution in [-0.4, -0.2) is 71.3 Å². The van der Waals surface area contributed by atoms with Crippen LogP contribution in [0.25, 0.3) is 10.8 Å². The molecule has 1 aromatic heterocycles. The molecule has 4 atom stereocenters. The van der Waals surface area contributed by atoms with E-state index in [0.29, 0.717) is 18.7 Å². The number of carbonyl (C=O) groups is 3. The van der Waals surface area contributed by atoms with E-state index in [-0.39, 0.29) is 19.4 Å². The lowest BCUT2D eigenvalue weighted by Gasteiger charge is -2.29. The molecule has 2 saturated carbocycles. The van der Waals surface area contributed by atoms with Crippen LogP contribution in [0.3, 0.4) is 0 Å². The number of ether oxygens (including phenoxy) is 2. The monoisotopic (exact) mass is 570 g/mol. The van der Waals surface area contributed by atoms with Gasteiger partial charge in [0.2, 0.25) is 21.8 Å². The summed E-state index contributed by atoms with van der Waals surface area (Å²) in [6.45, 7) is 8.95. The fraction of sp³-hybridized carbons (Fsp3) is 0.500. The molecule has 12 heteroatoms. The molecule has 11 nitrogen and oxygen atoms in total. The molecule has 214 valence electrons. The van der Waals surface area contributed by atoms with Gasteiger partial charge in [-0.25, -0.2) is 18.2 Å². The number of aromatic nitrogens is 1. The highest BCUT2D eigenvalue weighted by molar-refractivity contribution is 7.91. The second-order valence-electron chi connectivity index (χ2n) is 11.6. The highest BCUT2D eigenvalue weighted by atomic mass is 32.2. The standard InChI is InChI=1S/C28H34N4O7S/c1-5-18-15-28(18,25(34)31-40(36,37)20-10-11-20)30-23(33)22-14-19(16-32(22)26(35)39-27(2,3)4)38-24-21-9-7-6-8-17(21)12-13-29-24/h5-9,12-13,18-20,22H,1,10-11,14-16H2,2-4H3,(H,30,33)(H,31,34)/t18-,19?,22+,28-/m1/s1. The molecule has 1 saturated heterocycles. The Hall–Kier alpha value is -3.67. The fourth-order valence-corrected chi connectivity index (χ4v) is 6.38. The normalized spacial score (nSPS) is 26.2. The zero-order valence-electron chi connectivity index (χ0n) is 22.8. The van der Waals surface area contributed by atoms with Gasteiger partial charge in [0.05, 0.1) is 11.8 Å². The van der Waals surface area contributed by atoms with Crippen LogP contribution < -0.4 is 14.8 Å². The molecule has 40 heavy (non-hydrogen) atoms. The number of hydrogen-bond donors (Lipinski definition) is 2. The Morgan fingerprint density at radius 2 is 1.90 bits per heavy atom. The molecule has 0 bridgehead atoms. The first-order valence-electron chi connectivity index (χ1n) is 13.3. The number of rotatable bonds is 8. The molecule has 2 heterocycles. The minimum atomic E-state index is -3.82. The van der Waals surface area contributed by atoms with E-state index < -0.39 is 62.4 Å². The fourth-order valence-electron chi connectivity index (χ4n) is 5.02. The number of nitrogens with one attached hydrogen (secondary N) is 2. The molecule has 3 fully saturated rings. The Bertz CT molecular complexity index is 1460. The number of carbonyl (C=O) groups excluding carboxylic acids is 3. The van der Waals surface area contributed by atoms with Crippen molar-refractivity contribution in [2.75, 3.05) is 6.54 Å². The lowest BCUT2D eigenvalue weighted by molar-refractivity contribution is -0.131. The molecule has 0 radical (unpaired) electrons. The van der Waals surface area contributed by atoms with Crippen molar-refractivity contribution in [3.8, 4) is 5.88 Å². The Morgan fingerprint density at radius 3 is 2.55 bits per heavy atom. The van der Waals surface area contributed by atoms with Crippen molar-refractivity contribution in [3.63, 3.8) is 0 Å². The second-order valence-corrected chi connectivity index (χ2v) is 13.6. The third-order valence-corrected chi connectivity index (χ3v) is 9.18. The van der Waals surface area contributed by atoms with E-state index in [2.05, 4.69) is 21.6 Å². The van der Waals surface area contributed by atoms with Gasteiger partial charge in [0.25, 0.3) is 5.91 Å². The van der Waals surface area contributed by atoms with Crippen molar-refractivity contribution in [1.29, 1.82) is 0 Å². The minimum Gasteiger partial charge on any atom is -0.472 e. The van der Waals surface area contributed by atoms with Gasteiger partial charge in [-0.1, -0.05) is 24.3 Å². The number of benzene rings is 1. The number of fused-ring (bicyclic) bond motifs is 1. The van der Waals surface area contributed by atoms with Crippen molar-refractivity contribution in [2.24, 2.45) is 5.92 Å². The summed E-state index contributed by atoms with van der Waals surface area (Å²) < 4.78 is 38.8. The third kappa shape index (κ3) is 5.63. The van der Waals surface area contributed by atoms with Crippen LogP contribution in [0, 0.1) is 5.92 Å². The van der Waals surface area contributed by atoms with Gasteiger partial charge in [-0.15, -0.1) is 6.58 Å². The van der Waals surface area contributed by atoms with Gasteiger partial charge in [-0.05, 0) is 57.6 Å². The number of sulfonamides is 1. The summed E-state index contributed by atoms with van der Waals surface area (Å²) in [7, 11) is -3.82. The summed E-state index contributed by atoms with van der Waals surface area (Å²) >= 11 is 0. The van der Waals surface area contributed by atoms with Gasteiger partial charge in [0.1, 0.15) is 23.3 Å². The van der Waals surface area contributed by atoms with Crippen molar-refractivity contribution >= 4 is 38.7 Å². The molecule has 3 aliphatic rings. The van der Waals surface area contributed by atoms with Crippen molar-refractivity contribution in [3.05, 3.63) is 49.2 Å². The van der Waals surface area contributed by atoms with E-state index in [1.165, 1.54) is 11.0 Å². The van der Waals surface area contributed by atoms with E-state index >= 15 is 0 Å². The maximum atomic E-state index is 13.7. The van der Waals surface area contributed by atoms with E-state index in [4.69, 9.17) is 9.47 Å². The average molecular weight is 571 g/mol. The van der Waals surface area contributed by atoms with Gasteiger partial charge < -0.3 is 14.8 Å². The van der Waals surface area contributed by atoms with Crippen LogP contribution >= 0.6 is 0 Å². The first-order chi connectivity index (χ1) is 18.8. The van der Waals surface area contributed by atoms with E-state index in [1.807, 2.05) is 30.3 Å². The quantitative estimate of drug-likeness (QED) is 0.461. The molecule has 5 rings (SSSR count). The molecule has 3 amide bonds. The Morgan fingerprint density at radius 1 is 1.18 bits per heavy atom. The van der Waals surface area contributed by atoms with Crippen molar-refractivity contribution < 1.29 is 32.3 Å². The average Bonchev–Trinajstić information content (AvgIpc) is 3.80. The van der Waals surface area contributed by atoms with Gasteiger partial charge in [-0.2, -0.15) is 0 Å². The largest absolute Gasteiger partial charge is 0.472 e. The lowest BCUT2D eigenvalue weighted by atomic mass is 10.1. The number of hydrogen-bond acceptors (Lipinski definition) is 8. The Labute approximate surface area is 233 Å². The summed E-state index contributed by atoms with van der Waals surface area (Å²) in [6, 6.07) is 8.42. The van der Waals surface area contributed by atoms with Crippen LogP contribution in [-0.2, 0) is 24.3 Å². The highest BCUT2D eigenvalue weighted by Gasteiger charge is 2.62. The van der Waals surface area contributed by atoms with Crippen LogP contribution in [0.1, 0.15) is 46.5 Å². The molecular weight excluding hydrogens is 536 g/mol. The van der Waals surface area contributed by atoms with Gasteiger partial charge in [-0.3, -0.25) is 19.2 Å². The predicted molar refractivity (Wildman–Crippen MR) is 147 cm³/mol. The highest BCUT2D eigenvalue weighted by Crippen LogP contribution is 2.45. The molecule has 0 spiro atoms. The maximum absolute atomic E-state index is 13.7. The molecule has 2 N–H and O–H groups in total. The molecule has 1 aliphatic heterocycles. The van der Waals surface area contributed by atoms with Gasteiger partial charge in [0.15, 0.2) is 0 Å². The lowest BCUT2D eigenvalue weighted by Crippen LogP contribution is -2.56. The van der Waals surface area contributed by atoms with E-state index in [9.17, 15) is 22.8 Å². The van der Waals surface area contributed by atoms with Gasteiger partial charge in [0, 0.05) is 23.9 Å². The number of pyridine rings is 1. The third-order valence-electron chi connectivity index (χ3n) is 7.36. The van der Waals surface area contributed by atoms with Gasteiger partial charge >= 0.3 is 6.09 Å². The molecule has 1 aromatic carbocycles. The topological polar surface area (TPSA) is 144 Å². The Balaban J connectivity index is 1.37. The van der Waals surface area contributed by atoms with Crippen molar-refractivity contribution in [2.45, 2.75) is 75.0 Å². The number of likely N-dealkylation sites (tertiary alicyclic amines) is 1. The van der Waals surface area contributed by atoms with Crippen LogP contribution in [0.15, 0.2) is 49.2 Å². The number of amides is 3. The first-order valence-corrected chi connectivity index (χ1v) is 14.9. The Kier molecular flexibility index (Phi) is 7.01. The summed E-state index contributed by atoms with van der Waals surface area (Å²) in [4.78, 5) is 45.6. The molecule has 2 aromatic rings. The predicted octanol–water partition coefficient (Wildman–Crippen LogP) is 2.66. The molecular formula is C28H34N4O7S. The number of nitrogens with zero attached hydrogens (tertiary/aromatic N) is 2. The summed E-state index contributed by atoms with van der Waals surface area (Å²) in [5, 5.41) is 3.88. The minimum absolute atomic E-state index is 0.0536. The zero-order chi connectivity index (χ0) is 28.9. The summed E-state index contributed by atoms with van der Waals surface area (Å²) in [6.07, 6.45) is 3.16. The first kappa shape index (κ1) is 27.9.